The molecule has 126 valence electrons. The highest BCUT2D eigenvalue weighted by atomic mass is 32.2. The first-order chi connectivity index (χ1) is 10.9. The molecule has 0 radical (unpaired) electrons. The molecule has 7 heteroatoms. The third kappa shape index (κ3) is 3.26. The van der Waals surface area contributed by atoms with Gasteiger partial charge in [-0.3, -0.25) is 9.78 Å². The molecular weight excluding hydrogens is 314 g/mol. The summed E-state index contributed by atoms with van der Waals surface area (Å²) in [6.45, 7) is 1.80. The Morgan fingerprint density at radius 3 is 2.52 bits per heavy atom. The summed E-state index contributed by atoms with van der Waals surface area (Å²) in [6.07, 6.45) is 8.83. The summed E-state index contributed by atoms with van der Waals surface area (Å²) in [4.78, 5) is 18.3. The number of rotatable bonds is 2. The lowest BCUT2D eigenvalue weighted by molar-refractivity contribution is 0.0391. The zero-order chi connectivity index (χ0) is 16.5. The van der Waals surface area contributed by atoms with Crippen LogP contribution in [-0.2, 0) is 10.0 Å². The minimum absolute atomic E-state index is 0.0188. The van der Waals surface area contributed by atoms with Crippen molar-refractivity contribution in [3.05, 3.63) is 30.1 Å². The van der Waals surface area contributed by atoms with Crippen LogP contribution in [0.15, 0.2) is 24.5 Å². The Morgan fingerprint density at radius 2 is 1.91 bits per heavy atom. The van der Waals surface area contributed by atoms with Crippen molar-refractivity contribution < 1.29 is 13.2 Å². The fourth-order valence-electron chi connectivity index (χ4n) is 3.89. The largest absolute Gasteiger partial charge is 0.338 e. The number of amides is 1. The van der Waals surface area contributed by atoms with Crippen molar-refractivity contribution in [2.24, 2.45) is 0 Å². The second-order valence-electron chi connectivity index (χ2n) is 6.55. The molecule has 1 amide bonds. The molecule has 0 atom stereocenters. The van der Waals surface area contributed by atoms with E-state index in [9.17, 15) is 13.2 Å². The first kappa shape index (κ1) is 16.4. The number of hydrogen-bond acceptors (Lipinski definition) is 4. The van der Waals surface area contributed by atoms with Gasteiger partial charge >= 0.3 is 0 Å². The average molecular weight is 337 g/mol. The predicted octanol–water partition coefficient (Wildman–Crippen LogP) is 1.50. The van der Waals surface area contributed by atoms with Crippen LogP contribution in [0.4, 0.5) is 0 Å². The van der Waals surface area contributed by atoms with Crippen LogP contribution >= 0.6 is 0 Å². The third-order valence-electron chi connectivity index (χ3n) is 5.07. The third-order valence-corrected chi connectivity index (χ3v) is 6.44. The summed E-state index contributed by atoms with van der Waals surface area (Å²) in [5.74, 6) is -0.0188. The van der Waals surface area contributed by atoms with Crippen LogP contribution in [0, 0.1) is 0 Å². The number of sulfonamides is 1. The van der Waals surface area contributed by atoms with Crippen molar-refractivity contribution in [1.82, 2.24) is 14.2 Å². The van der Waals surface area contributed by atoms with Gasteiger partial charge in [0.25, 0.3) is 5.91 Å². The molecule has 0 bridgehead atoms. The Kier molecular flexibility index (Phi) is 4.42. The second kappa shape index (κ2) is 6.20. The van der Waals surface area contributed by atoms with Crippen molar-refractivity contribution in [2.75, 3.05) is 25.9 Å². The van der Waals surface area contributed by atoms with Crippen LogP contribution in [-0.4, -0.2) is 59.9 Å². The van der Waals surface area contributed by atoms with Gasteiger partial charge in [-0.05, 0) is 37.8 Å². The van der Waals surface area contributed by atoms with E-state index in [-0.39, 0.29) is 11.4 Å². The number of nitrogens with zero attached hydrogens (tertiary/aromatic N) is 3. The standard InChI is InChI=1S/C16H23N3O3S/c1-23(21,22)19-10-3-2-6-16(19)7-11-18(12-8-16)15(20)14-5-4-9-17-13-14/h4-5,9,13H,2-3,6-8,10-12H2,1H3. The van der Waals surface area contributed by atoms with E-state index in [2.05, 4.69) is 4.98 Å². The number of hydrogen-bond donors (Lipinski definition) is 0. The summed E-state index contributed by atoms with van der Waals surface area (Å²) in [6, 6.07) is 3.52. The summed E-state index contributed by atoms with van der Waals surface area (Å²) in [7, 11) is -3.20. The summed E-state index contributed by atoms with van der Waals surface area (Å²) in [5, 5.41) is 0. The summed E-state index contributed by atoms with van der Waals surface area (Å²) in [5.41, 5.74) is 0.296. The van der Waals surface area contributed by atoms with Crippen LogP contribution in [0.25, 0.3) is 0 Å². The molecule has 3 rings (SSSR count). The molecule has 0 N–H and O–H groups in total. The fraction of sp³-hybridized carbons (Fsp3) is 0.625. The van der Waals surface area contributed by atoms with Gasteiger partial charge < -0.3 is 4.90 Å². The highest BCUT2D eigenvalue weighted by Gasteiger charge is 2.45. The lowest BCUT2D eigenvalue weighted by atomic mass is 9.80. The topological polar surface area (TPSA) is 70.6 Å². The molecule has 1 aromatic heterocycles. The first-order valence-electron chi connectivity index (χ1n) is 8.10. The van der Waals surface area contributed by atoms with E-state index in [1.54, 1.807) is 28.8 Å². The SMILES string of the molecule is CS(=O)(=O)N1CCCCC12CCN(C(=O)c1cccnc1)CC2. The lowest BCUT2D eigenvalue weighted by Gasteiger charge is -2.50. The zero-order valence-corrected chi connectivity index (χ0v) is 14.3. The van der Waals surface area contributed by atoms with Crippen LogP contribution in [0.5, 0.6) is 0 Å². The number of aromatic nitrogens is 1. The molecule has 0 aromatic carbocycles. The van der Waals surface area contributed by atoms with E-state index in [1.807, 2.05) is 4.90 Å². The number of carbonyl (C=O) groups is 1. The molecule has 0 aliphatic carbocycles. The van der Waals surface area contributed by atoms with Crippen LogP contribution in [0.1, 0.15) is 42.5 Å². The molecule has 0 unspecified atom stereocenters. The van der Waals surface area contributed by atoms with Crippen molar-refractivity contribution >= 4 is 15.9 Å². The van der Waals surface area contributed by atoms with Gasteiger partial charge in [0.2, 0.25) is 10.0 Å². The molecule has 1 spiro atoms. The predicted molar refractivity (Wildman–Crippen MR) is 87.5 cm³/mol. The van der Waals surface area contributed by atoms with E-state index in [0.29, 0.717) is 38.0 Å². The maximum absolute atomic E-state index is 12.5. The monoisotopic (exact) mass is 337 g/mol. The van der Waals surface area contributed by atoms with Crippen LogP contribution in [0.2, 0.25) is 0 Å². The Morgan fingerprint density at radius 1 is 1.17 bits per heavy atom. The van der Waals surface area contributed by atoms with E-state index in [4.69, 9.17) is 0 Å². The molecule has 2 fully saturated rings. The van der Waals surface area contributed by atoms with E-state index in [0.717, 1.165) is 19.3 Å². The minimum Gasteiger partial charge on any atom is -0.338 e. The Labute approximate surface area is 137 Å². The van der Waals surface area contributed by atoms with Gasteiger partial charge in [-0.15, -0.1) is 0 Å². The van der Waals surface area contributed by atoms with Gasteiger partial charge in [0.05, 0.1) is 11.8 Å². The van der Waals surface area contributed by atoms with Crippen molar-refractivity contribution in [3.8, 4) is 0 Å². The first-order valence-corrected chi connectivity index (χ1v) is 9.94. The maximum atomic E-state index is 12.5. The zero-order valence-electron chi connectivity index (χ0n) is 13.4. The normalized spacial score (nSPS) is 22.2. The molecule has 3 heterocycles. The average Bonchev–Trinajstić information content (AvgIpc) is 2.55. The smallest absolute Gasteiger partial charge is 0.255 e. The van der Waals surface area contributed by atoms with Gasteiger partial charge in [-0.1, -0.05) is 6.42 Å². The summed E-state index contributed by atoms with van der Waals surface area (Å²) < 4.78 is 26.0. The summed E-state index contributed by atoms with van der Waals surface area (Å²) >= 11 is 0. The molecule has 2 aliphatic heterocycles. The van der Waals surface area contributed by atoms with Gasteiger partial charge in [0.15, 0.2) is 0 Å². The van der Waals surface area contributed by atoms with Crippen LogP contribution in [0.3, 0.4) is 0 Å². The molecule has 0 saturated carbocycles. The number of likely N-dealkylation sites (tertiary alicyclic amines) is 1. The number of piperidine rings is 2. The Bertz CT molecular complexity index is 667. The minimum atomic E-state index is -3.20. The van der Waals surface area contributed by atoms with Crippen molar-refractivity contribution in [3.63, 3.8) is 0 Å². The van der Waals surface area contributed by atoms with Gasteiger partial charge in [-0.2, -0.15) is 4.31 Å². The molecule has 2 saturated heterocycles. The molecule has 23 heavy (non-hydrogen) atoms. The quantitative estimate of drug-likeness (QED) is 0.820. The maximum Gasteiger partial charge on any atom is 0.255 e. The highest BCUT2D eigenvalue weighted by Crippen LogP contribution is 2.39. The van der Waals surface area contributed by atoms with Gasteiger partial charge in [-0.25, -0.2) is 8.42 Å². The molecule has 6 nitrogen and oxygen atoms in total. The van der Waals surface area contributed by atoms with Gasteiger partial charge in [0, 0.05) is 37.6 Å². The Hall–Kier alpha value is -1.47. The van der Waals surface area contributed by atoms with Crippen molar-refractivity contribution in [2.45, 2.75) is 37.6 Å². The Balaban J connectivity index is 1.73. The molecule has 2 aliphatic rings. The number of pyridine rings is 1. The highest BCUT2D eigenvalue weighted by molar-refractivity contribution is 7.88. The van der Waals surface area contributed by atoms with Crippen LogP contribution < -0.4 is 0 Å². The number of carbonyl (C=O) groups excluding carboxylic acids is 1. The lowest BCUT2D eigenvalue weighted by Crippen LogP contribution is -2.59. The second-order valence-corrected chi connectivity index (χ2v) is 8.46. The van der Waals surface area contributed by atoms with E-state index < -0.39 is 10.0 Å². The molecular formula is C16H23N3O3S. The van der Waals surface area contributed by atoms with E-state index >= 15 is 0 Å². The molecule has 1 aromatic rings. The van der Waals surface area contributed by atoms with Gasteiger partial charge in [0.1, 0.15) is 0 Å². The fourth-order valence-corrected chi connectivity index (χ4v) is 5.32. The van der Waals surface area contributed by atoms with E-state index in [1.165, 1.54) is 6.26 Å². The van der Waals surface area contributed by atoms with Crippen molar-refractivity contribution in [1.29, 1.82) is 0 Å².